The minimum Gasteiger partial charge on any atom is -0.481 e. The minimum atomic E-state index is -1.93. The van der Waals surface area contributed by atoms with Crippen LogP contribution in [0.3, 0.4) is 0 Å². The second-order valence-corrected chi connectivity index (χ2v) is 15.9. The topological polar surface area (TPSA) is 469 Å². The summed E-state index contributed by atoms with van der Waals surface area (Å²) < 4.78 is 0. The van der Waals surface area contributed by atoms with E-state index < -0.39 is 164 Å². The Bertz CT molecular complexity index is 2190. The summed E-state index contributed by atoms with van der Waals surface area (Å²) in [4.78, 5) is 159. The van der Waals surface area contributed by atoms with E-state index in [1.807, 2.05) is 0 Å². The zero-order chi connectivity index (χ0) is 52.7. The van der Waals surface area contributed by atoms with Crippen LogP contribution in [-0.2, 0) is 70.4 Å². The van der Waals surface area contributed by atoms with Crippen LogP contribution in [0.25, 0.3) is 0 Å². The Morgan fingerprint density at radius 3 is 1.67 bits per heavy atom. The quantitative estimate of drug-likeness (QED) is 0.0346. The molecular formula is C41H58N12O17. The number of rotatable bonds is 30. The number of carboxylic acid groups (broad SMARTS) is 3. The molecular weight excluding hydrogens is 933 g/mol. The van der Waals surface area contributed by atoms with Gasteiger partial charge >= 0.3 is 17.9 Å². The standard InChI is InChI=1S/C41H58N12O17/c1-41(2,53-33(63)22(42)12-21-15-44-19-46-21)40(70)52-25(13-31(59)60)35(65)45-16-29(56)47-27(17-54)38(68)49-24(11-20-7-5-4-6-8-20)36(66)51-28(18-55)39(69)50-26(14-32(61)62)37(67)48-23(34(64)43-3)9-10-30(57)58/h4-8,15,19,22-28,54-55H,9-14,16-18,42H2,1-3H3,(H,43,64)(H,44,46)(H,45,65)(H,47,56)(H,48,67)(H,49,68)(H,50,69)(H,51,66)(H,52,70)(H,53,63)(H,57,58)(H,59,60)(H,61,62)/t22-,23-,24-,25-,26-,27-,28-/m0/s1. The number of benzene rings is 1. The number of aromatic nitrogens is 2. The van der Waals surface area contributed by atoms with E-state index in [0.29, 0.717) is 11.3 Å². The number of carbonyl (C=O) groups is 12. The first-order chi connectivity index (χ1) is 32.9. The fraction of sp³-hybridized carbons (Fsp3) is 0.488. The van der Waals surface area contributed by atoms with Crippen molar-refractivity contribution in [2.45, 2.75) is 100 Å². The molecule has 0 aliphatic rings. The van der Waals surface area contributed by atoms with Gasteiger partial charge in [-0.2, -0.15) is 0 Å². The van der Waals surface area contributed by atoms with Crippen molar-refractivity contribution in [3.63, 3.8) is 0 Å². The number of nitrogens with one attached hydrogen (secondary N) is 10. The number of nitrogens with two attached hydrogens (primary N) is 1. The highest BCUT2D eigenvalue weighted by molar-refractivity contribution is 5.99. The fourth-order valence-electron chi connectivity index (χ4n) is 6.07. The summed E-state index contributed by atoms with van der Waals surface area (Å²) >= 11 is 0. The smallest absolute Gasteiger partial charge is 0.305 e. The number of hydrogen-bond acceptors (Lipinski definition) is 16. The van der Waals surface area contributed by atoms with E-state index >= 15 is 0 Å². The lowest BCUT2D eigenvalue weighted by Crippen LogP contribution is -2.62. The summed E-state index contributed by atoms with van der Waals surface area (Å²) in [6, 6.07) is -3.82. The van der Waals surface area contributed by atoms with Crippen molar-refractivity contribution >= 4 is 71.1 Å². The molecule has 2 rings (SSSR count). The molecule has 0 bridgehead atoms. The van der Waals surface area contributed by atoms with Crippen molar-refractivity contribution in [1.82, 2.24) is 57.8 Å². The second-order valence-electron chi connectivity index (χ2n) is 15.9. The van der Waals surface area contributed by atoms with Gasteiger partial charge in [0.05, 0.1) is 45.0 Å². The summed E-state index contributed by atoms with van der Waals surface area (Å²) in [7, 11) is 1.19. The molecule has 0 radical (unpaired) electrons. The number of H-pyrrole nitrogens is 1. The Hall–Kier alpha value is -8.05. The number of aliphatic carboxylic acids is 3. The van der Waals surface area contributed by atoms with Crippen LogP contribution in [0.1, 0.15) is 50.8 Å². The summed E-state index contributed by atoms with van der Waals surface area (Å²) in [6.07, 6.45) is -0.520. The van der Waals surface area contributed by atoms with Crippen LogP contribution in [0, 0.1) is 0 Å². The summed E-state index contributed by atoms with van der Waals surface area (Å²) in [5, 5.41) is 67.8. The van der Waals surface area contributed by atoms with Crippen LogP contribution in [0.15, 0.2) is 42.9 Å². The highest BCUT2D eigenvalue weighted by atomic mass is 16.4. The summed E-state index contributed by atoms with van der Waals surface area (Å²) in [5.74, 6) is -14.3. The summed E-state index contributed by atoms with van der Waals surface area (Å²) in [6.45, 7) is -0.685. The molecule has 1 aromatic carbocycles. The largest absolute Gasteiger partial charge is 0.481 e. The molecule has 17 N–H and O–H groups in total. The molecule has 0 unspecified atom stereocenters. The highest BCUT2D eigenvalue weighted by Gasteiger charge is 2.36. The third kappa shape index (κ3) is 20.0. The van der Waals surface area contributed by atoms with Gasteiger partial charge in [-0.1, -0.05) is 30.3 Å². The lowest BCUT2D eigenvalue weighted by molar-refractivity contribution is -0.142. The van der Waals surface area contributed by atoms with Gasteiger partial charge in [0.1, 0.15) is 41.8 Å². The molecule has 70 heavy (non-hydrogen) atoms. The normalized spacial score (nSPS) is 14.0. The van der Waals surface area contributed by atoms with Crippen molar-refractivity contribution in [3.8, 4) is 0 Å². The number of likely N-dealkylation sites (N-methyl/N-ethyl adjacent to an activating group) is 1. The first-order valence-electron chi connectivity index (χ1n) is 21.2. The van der Waals surface area contributed by atoms with Gasteiger partial charge in [0, 0.05) is 38.2 Å². The van der Waals surface area contributed by atoms with Crippen molar-refractivity contribution in [3.05, 3.63) is 54.1 Å². The molecule has 7 atom stereocenters. The Morgan fingerprint density at radius 1 is 0.629 bits per heavy atom. The number of hydrogen-bond donors (Lipinski definition) is 16. The fourth-order valence-corrected chi connectivity index (χ4v) is 6.07. The number of aliphatic hydroxyl groups is 2. The maximum atomic E-state index is 13.7. The van der Waals surface area contributed by atoms with Crippen LogP contribution < -0.4 is 53.6 Å². The van der Waals surface area contributed by atoms with Gasteiger partial charge in [0.2, 0.25) is 53.2 Å². The molecule has 1 heterocycles. The molecule has 29 nitrogen and oxygen atoms in total. The SMILES string of the molecule is CNC(=O)[C@H](CCC(=O)O)NC(=O)[C@H](CC(=O)O)NC(=O)[C@H](CO)NC(=O)[C@H](Cc1ccccc1)NC(=O)[C@H](CO)NC(=O)CNC(=O)[C@H](CC(=O)O)NC(=O)C(C)(C)NC(=O)[C@@H](N)Cc1cnc[nH]1. The van der Waals surface area contributed by atoms with Gasteiger partial charge in [-0.25, -0.2) is 4.98 Å². The molecule has 0 fully saturated rings. The monoisotopic (exact) mass is 990 g/mol. The Kier molecular flexibility index (Phi) is 23.5. The van der Waals surface area contributed by atoms with Crippen LogP contribution in [-0.4, -0.2) is 181 Å². The Labute approximate surface area is 398 Å². The van der Waals surface area contributed by atoms with Gasteiger partial charge in [0.25, 0.3) is 0 Å². The number of aromatic amines is 1. The van der Waals surface area contributed by atoms with Crippen LogP contribution in [0.5, 0.6) is 0 Å². The maximum absolute atomic E-state index is 13.7. The summed E-state index contributed by atoms with van der Waals surface area (Å²) in [5.41, 5.74) is 5.14. The van der Waals surface area contributed by atoms with Gasteiger partial charge in [-0.15, -0.1) is 0 Å². The Balaban J connectivity index is 2.17. The number of carboxylic acids is 3. The van der Waals surface area contributed by atoms with Crippen LogP contribution in [0.4, 0.5) is 0 Å². The van der Waals surface area contributed by atoms with Crippen molar-refractivity contribution in [1.29, 1.82) is 0 Å². The van der Waals surface area contributed by atoms with Gasteiger partial charge in [-0.3, -0.25) is 57.5 Å². The lowest BCUT2D eigenvalue weighted by atomic mass is 10.0. The van der Waals surface area contributed by atoms with Crippen molar-refractivity contribution in [2.75, 3.05) is 26.8 Å². The zero-order valence-electron chi connectivity index (χ0n) is 38.1. The molecule has 29 heteroatoms. The average molecular weight is 991 g/mol. The number of imidazole rings is 1. The predicted octanol–water partition coefficient (Wildman–Crippen LogP) is -7.01. The minimum absolute atomic E-state index is 0.0270. The van der Waals surface area contributed by atoms with E-state index in [9.17, 15) is 78.0 Å². The van der Waals surface area contributed by atoms with Crippen molar-refractivity contribution in [2.24, 2.45) is 5.73 Å². The maximum Gasteiger partial charge on any atom is 0.305 e. The number of nitrogens with zero attached hydrogens (tertiary/aromatic N) is 1. The van der Waals surface area contributed by atoms with Crippen LogP contribution in [0.2, 0.25) is 0 Å². The molecule has 384 valence electrons. The lowest BCUT2D eigenvalue weighted by Gasteiger charge is -2.28. The average Bonchev–Trinajstić information content (AvgIpc) is 3.82. The molecule has 9 amide bonds. The molecule has 0 aliphatic carbocycles. The first-order valence-corrected chi connectivity index (χ1v) is 21.2. The molecule has 0 aliphatic heterocycles. The number of amides is 9. The van der Waals surface area contributed by atoms with E-state index in [1.165, 1.54) is 33.4 Å². The Morgan fingerprint density at radius 2 is 1.14 bits per heavy atom. The molecule has 2 aromatic rings. The van der Waals surface area contributed by atoms with E-state index in [2.05, 4.69) is 57.8 Å². The number of carbonyl (C=O) groups excluding carboxylic acids is 9. The van der Waals surface area contributed by atoms with Crippen molar-refractivity contribution < 1.29 is 83.1 Å². The van der Waals surface area contributed by atoms with Crippen LogP contribution >= 0.6 is 0 Å². The molecule has 0 saturated carbocycles. The molecule has 1 aromatic heterocycles. The van der Waals surface area contributed by atoms with E-state index in [1.54, 1.807) is 30.3 Å². The van der Waals surface area contributed by atoms with Gasteiger partial charge in [0.15, 0.2) is 0 Å². The van der Waals surface area contributed by atoms with E-state index in [0.717, 1.165) is 0 Å². The van der Waals surface area contributed by atoms with E-state index in [4.69, 9.17) is 10.8 Å². The third-order valence-electron chi connectivity index (χ3n) is 9.86. The second kappa shape index (κ2) is 28.3. The molecule has 0 spiro atoms. The molecule has 0 saturated heterocycles. The zero-order valence-corrected chi connectivity index (χ0v) is 38.1. The number of aliphatic hydroxyl groups excluding tert-OH is 2. The van der Waals surface area contributed by atoms with E-state index in [-0.39, 0.29) is 12.8 Å². The third-order valence-corrected chi connectivity index (χ3v) is 9.86. The predicted molar refractivity (Wildman–Crippen MR) is 237 cm³/mol. The van der Waals surface area contributed by atoms with Gasteiger partial charge < -0.3 is 84.1 Å². The first kappa shape index (κ1) is 58.1. The highest BCUT2D eigenvalue weighted by Crippen LogP contribution is 2.09. The van der Waals surface area contributed by atoms with Gasteiger partial charge in [-0.05, 0) is 25.8 Å².